The van der Waals surface area contributed by atoms with Gasteiger partial charge in [0, 0.05) is 0 Å². The first kappa shape index (κ1) is 10.4. The molecule has 75 valence electrons. The van der Waals surface area contributed by atoms with Gasteiger partial charge in [0.2, 0.25) is 5.75 Å². The van der Waals surface area contributed by atoms with Crippen LogP contribution in [0.1, 0.15) is 13.3 Å². The van der Waals surface area contributed by atoms with Crippen LogP contribution in [0.2, 0.25) is 0 Å². The second-order valence-corrected chi connectivity index (χ2v) is 2.66. The number of ether oxygens (including phenoxy) is 1. The normalized spacial score (nSPS) is 9.79. The van der Waals surface area contributed by atoms with Crippen LogP contribution in [0, 0.1) is 6.42 Å². The molecule has 0 aliphatic carbocycles. The van der Waals surface area contributed by atoms with E-state index < -0.39 is 11.7 Å². The lowest BCUT2D eigenvalue weighted by atomic mass is 10.3. The van der Waals surface area contributed by atoms with Crippen molar-refractivity contribution in [3.05, 3.63) is 24.6 Å². The second kappa shape index (κ2) is 4.50. The number of hydrogen-bond donors (Lipinski definition) is 2. The van der Waals surface area contributed by atoms with Crippen molar-refractivity contribution in [2.45, 2.75) is 13.3 Å². The number of carbonyl (C=O) groups is 1. The SMILES string of the molecule is CC[CH]C(=O)Oc1cccc(O)c1O. The van der Waals surface area contributed by atoms with E-state index in [9.17, 15) is 9.90 Å². The molecule has 1 aromatic rings. The molecule has 0 atom stereocenters. The number of para-hydroxylation sites is 1. The van der Waals surface area contributed by atoms with Crippen LogP contribution in [-0.4, -0.2) is 16.2 Å². The summed E-state index contributed by atoms with van der Waals surface area (Å²) < 4.78 is 4.76. The van der Waals surface area contributed by atoms with Gasteiger partial charge >= 0.3 is 5.97 Å². The highest BCUT2D eigenvalue weighted by Crippen LogP contribution is 2.34. The first-order valence-corrected chi connectivity index (χ1v) is 4.21. The van der Waals surface area contributed by atoms with Crippen LogP contribution >= 0.6 is 0 Å². The molecule has 4 heteroatoms. The minimum Gasteiger partial charge on any atom is -0.504 e. The van der Waals surface area contributed by atoms with Crippen molar-refractivity contribution in [1.82, 2.24) is 0 Å². The van der Waals surface area contributed by atoms with Crippen molar-refractivity contribution in [1.29, 1.82) is 0 Å². The van der Waals surface area contributed by atoms with Crippen molar-refractivity contribution >= 4 is 5.97 Å². The molecular weight excluding hydrogens is 184 g/mol. The van der Waals surface area contributed by atoms with Crippen molar-refractivity contribution in [3.63, 3.8) is 0 Å². The third-order valence-corrected chi connectivity index (χ3v) is 1.56. The molecule has 0 aromatic heterocycles. The Labute approximate surface area is 81.8 Å². The van der Waals surface area contributed by atoms with Crippen LogP contribution in [0.15, 0.2) is 18.2 Å². The number of hydrogen-bond acceptors (Lipinski definition) is 4. The van der Waals surface area contributed by atoms with Crippen molar-refractivity contribution in [2.24, 2.45) is 0 Å². The molecule has 0 unspecified atom stereocenters. The first-order valence-electron chi connectivity index (χ1n) is 4.21. The summed E-state index contributed by atoms with van der Waals surface area (Å²) in [5.41, 5.74) is 0. The van der Waals surface area contributed by atoms with Crippen LogP contribution in [0.5, 0.6) is 17.2 Å². The van der Waals surface area contributed by atoms with Crippen LogP contribution in [0.4, 0.5) is 0 Å². The Morgan fingerprint density at radius 2 is 2.21 bits per heavy atom. The zero-order chi connectivity index (χ0) is 10.6. The van der Waals surface area contributed by atoms with Crippen LogP contribution in [0.3, 0.4) is 0 Å². The average Bonchev–Trinajstić information content (AvgIpc) is 2.13. The minimum atomic E-state index is -0.548. The highest BCUT2D eigenvalue weighted by molar-refractivity contribution is 5.81. The van der Waals surface area contributed by atoms with E-state index in [2.05, 4.69) is 0 Å². The Bertz CT molecular complexity index is 333. The van der Waals surface area contributed by atoms with Gasteiger partial charge in [0.25, 0.3) is 0 Å². The van der Waals surface area contributed by atoms with Gasteiger partial charge in [0.15, 0.2) is 11.5 Å². The van der Waals surface area contributed by atoms with Gasteiger partial charge in [0.05, 0.1) is 6.42 Å². The summed E-state index contributed by atoms with van der Waals surface area (Å²) in [6.07, 6.45) is 1.89. The van der Waals surface area contributed by atoms with Gasteiger partial charge < -0.3 is 14.9 Å². The molecule has 1 radical (unpaired) electrons. The van der Waals surface area contributed by atoms with Gasteiger partial charge in [-0.2, -0.15) is 0 Å². The maximum atomic E-state index is 11.0. The largest absolute Gasteiger partial charge is 0.504 e. The van der Waals surface area contributed by atoms with Gasteiger partial charge in [0.1, 0.15) is 0 Å². The van der Waals surface area contributed by atoms with Gasteiger partial charge in [-0.25, -0.2) is 0 Å². The number of benzene rings is 1. The van der Waals surface area contributed by atoms with Gasteiger partial charge in [-0.05, 0) is 18.6 Å². The summed E-state index contributed by atoms with van der Waals surface area (Å²) >= 11 is 0. The third kappa shape index (κ3) is 2.39. The van der Waals surface area contributed by atoms with E-state index in [0.717, 1.165) is 0 Å². The lowest BCUT2D eigenvalue weighted by molar-refractivity contribution is -0.130. The molecule has 0 aliphatic rings. The molecule has 0 bridgehead atoms. The maximum Gasteiger partial charge on any atom is 0.315 e. The summed E-state index contributed by atoms with van der Waals surface area (Å²) in [4.78, 5) is 11.0. The fraction of sp³-hybridized carbons (Fsp3) is 0.200. The first-order chi connectivity index (χ1) is 6.65. The summed E-state index contributed by atoms with van der Waals surface area (Å²) in [5, 5.41) is 18.4. The number of phenols is 2. The zero-order valence-electron chi connectivity index (χ0n) is 7.73. The molecule has 0 fully saturated rings. The predicted molar refractivity (Wildman–Crippen MR) is 50.0 cm³/mol. The number of aromatic hydroxyl groups is 2. The molecule has 0 aliphatic heterocycles. The fourth-order valence-electron chi connectivity index (χ4n) is 0.910. The predicted octanol–water partition coefficient (Wildman–Crippen LogP) is 1.62. The van der Waals surface area contributed by atoms with Crippen LogP contribution in [0.25, 0.3) is 0 Å². The van der Waals surface area contributed by atoms with Crippen molar-refractivity contribution in [2.75, 3.05) is 0 Å². The Balaban J connectivity index is 2.76. The van der Waals surface area contributed by atoms with Gasteiger partial charge in [-0.15, -0.1) is 0 Å². The molecule has 0 heterocycles. The van der Waals surface area contributed by atoms with E-state index >= 15 is 0 Å². The quantitative estimate of drug-likeness (QED) is 0.437. The van der Waals surface area contributed by atoms with E-state index in [1.165, 1.54) is 24.6 Å². The molecule has 0 saturated heterocycles. The monoisotopic (exact) mass is 195 g/mol. The summed E-state index contributed by atoms with van der Waals surface area (Å²) in [6.45, 7) is 1.80. The second-order valence-electron chi connectivity index (χ2n) is 2.66. The Kier molecular flexibility index (Phi) is 3.34. The molecule has 14 heavy (non-hydrogen) atoms. The Hall–Kier alpha value is -1.71. The lowest BCUT2D eigenvalue weighted by Crippen LogP contribution is -2.07. The van der Waals surface area contributed by atoms with Crippen LogP contribution < -0.4 is 4.74 Å². The highest BCUT2D eigenvalue weighted by atomic mass is 16.5. The maximum absolute atomic E-state index is 11.0. The average molecular weight is 195 g/mol. The summed E-state index contributed by atoms with van der Waals surface area (Å²) in [7, 11) is 0. The number of carbonyl (C=O) groups excluding carboxylic acids is 1. The summed E-state index contributed by atoms with van der Waals surface area (Å²) in [5.74, 6) is -1.33. The number of rotatable bonds is 3. The highest BCUT2D eigenvalue weighted by Gasteiger charge is 2.10. The fourth-order valence-corrected chi connectivity index (χ4v) is 0.910. The standard InChI is InChI=1S/C10H11O4/c1-2-4-9(12)14-8-6-3-5-7(11)10(8)13/h3-6,11,13H,2H2,1H3. The van der Waals surface area contributed by atoms with Crippen molar-refractivity contribution in [3.8, 4) is 17.2 Å². The topological polar surface area (TPSA) is 66.8 Å². The molecule has 1 rings (SSSR count). The Morgan fingerprint density at radius 1 is 1.50 bits per heavy atom. The number of esters is 1. The zero-order valence-corrected chi connectivity index (χ0v) is 7.73. The van der Waals surface area contributed by atoms with Gasteiger partial charge in [-0.3, -0.25) is 4.79 Å². The third-order valence-electron chi connectivity index (χ3n) is 1.56. The van der Waals surface area contributed by atoms with E-state index in [0.29, 0.717) is 6.42 Å². The Morgan fingerprint density at radius 3 is 2.86 bits per heavy atom. The molecule has 0 amide bonds. The van der Waals surface area contributed by atoms with Crippen LogP contribution in [-0.2, 0) is 4.79 Å². The molecular formula is C10H11O4. The van der Waals surface area contributed by atoms with E-state index in [4.69, 9.17) is 9.84 Å². The van der Waals surface area contributed by atoms with Crippen molar-refractivity contribution < 1.29 is 19.7 Å². The molecule has 4 nitrogen and oxygen atoms in total. The van der Waals surface area contributed by atoms with Gasteiger partial charge in [-0.1, -0.05) is 13.0 Å². The summed E-state index contributed by atoms with van der Waals surface area (Å²) in [6, 6.07) is 4.18. The molecule has 2 N–H and O–H groups in total. The molecule has 0 saturated carbocycles. The molecule has 1 aromatic carbocycles. The minimum absolute atomic E-state index is 0.0419. The number of phenolic OH excluding ortho intramolecular Hbond substituents is 2. The molecule has 0 spiro atoms. The van der Waals surface area contributed by atoms with E-state index in [1.54, 1.807) is 6.92 Å². The smallest absolute Gasteiger partial charge is 0.315 e. The van der Waals surface area contributed by atoms with E-state index in [-0.39, 0.29) is 11.5 Å². The lowest BCUT2D eigenvalue weighted by Gasteiger charge is -2.05. The van der Waals surface area contributed by atoms with E-state index in [1.807, 2.05) is 0 Å².